The molecule has 2 rings (SSSR count). The molecule has 0 spiro atoms. The van der Waals surface area contributed by atoms with Crippen LogP contribution in [0.3, 0.4) is 0 Å². The quantitative estimate of drug-likeness (QED) is 0.732. The summed E-state index contributed by atoms with van der Waals surface area (Å²) in [6.45, 7) is 3.10. The van der Waals surface area contributed by atoms with Crippen molar-refractivity contribution in [1.29, 1.82) is 0 Å². The molecule has 1 fully saturated rings. The van der Waals surface area contributed by atoms with Crippen molar-refractivity contribution in [2.45, 2.75) is 57.9 Å². The Kier molecular flexibility index (Phi) is 6.31. The predicted molar refractivity (Wildman–Crippen MR) is 83.6 cm³/mol. The monoisotopic (exact) mass is 297 g/mol. The second-order valence-corrected chi connectivity index (χ2v) is 6.27. The summed E-state index contributed by atoms with van der Waals surface area (Å²) < 4.78 is 13.7. The molecule has 0 heterocycles. The van der Waals surface area contributed by atoms with E-state index in [1.54, 1.807) is 6.07 Å². The van der Waals surface area contributed by atoms with E-state index in [9.17, 15) is 4.39 Å². The molecule has 1 aromatic carbocycles. The number of hydrogen-bond acceptors (Lipinski definition) is 1. The largest absolute Gasteiger partial charge is 0.310 e. The van der Waals surface area contributed by atoms with Crippen LogP contribution in [0.15, 0.2) is 18.2 Å². The van der Waals surface area contributed by atoms with E-state index in [1.807, 2.05) is 6.07 Å². The standard InChI is InChI=1S/C17H25ClFN/c1-2-11-20-16(12-13-7-4-3-5-8-13)14-9-6-10-15(19)17(14)18/h6,9-10,13,16,20H,2-5,7-8,11-12H2,1H3. The number of nitrogens with one attached hydrogen (secondary N) is 1. The first-order valence-electron chi connectivity index (χ1n) is 7.89. The van der Waals surface area contributed by atoms with Crippen molar-refractivity contribution in [2.24, 2.45) is 5.92 Å². The minimum atomic E-state index is -0.309. The highest BCUT2D eigenvalue weighted by atomic mass is 35.5. The minimum absolute atomic E-state index is 0.182. The smallest absolute Gasteiger partial charge is 0.142 e. The first-order chi connectivity index (χ1) is 9.72. The fraction of sp³-hybridized carbons (Fsp3) is 0.647. The van der Waals surface area contributed by atoms with E-state index in [2.05, 4.69) is 12.2 Å². The van der Waals surface area contributed by atoms with Crippen LogP contribution in [-0.4, -0.2) is 6.54 Å². The first kappa shape index (κ1) is 15.8. The van der Waals surface area contributed by atoms with Crippen LogP contribution in [0.1, 0.15) is 63.5 Å². The molecule has 0 radical (unpaired) electrons. The molecular formula is C17H25ClFN. The van der Waals surface area contributed by atoms with Crippen LogP contribution in [-0.2, 0) is 0 Å². The summed E-state index contributed by atoms with van der Waals surface area (Å²) in [4.78, 5) is 0. The van der Waals surface area contributed by atoms with Gasteiger partial charge in [0.25, 0.3) is 0 Å². The van der Waals surface area contributed by atoms with Crippen molar-refractivity contribution in [3.8, 4) is 0 Å². The summed E-state index contributed by atoms with van der Waals surface area (Å²) in [5.74, 6) is 0.438. The lowest BCUT2D eigenvalue weighted by atomic mass is 9.83. The fourth-order valence-corrected chi connectivity index (χ4v) is 3.44. The second kappa shape index (κ2) is 7.99. The Bertz CT molecular complexity index is 415. The fourth-order valence-electron chi connectivity index (χ4n) is 3.18. The number of benzene rings is 1. The lowest BCUT2D eigenvalue weighted by molar-refractivity contribution is 0.299. The maximum absolute atomic E-state index is 13.7. The SMILES string of the molecule is CCCNC(CC1CCCCC1)c1cccc(F)c1Cl. The van der Waals surface area contributed by atoms with Gasteiger partial charge in [0.1, 0.15) is 5.82 Å². The van der Waals surface area contributed by atoms with Gasteiger partial charge in [-0.1, -0.05) is 62.8 Å². The topological polar surface area (TPSA) is 12.0 Å². The maximum atomic E-state index is 13.7. The van der Waals surface area contributed by atoms with Gasteiger partial charge in [0, 0.05) is 6.04 Å². The molecule has 0 amide bonds. The third kappa shape index (κ3) is 4.20. The molecule has 1 saturated carbocycles. The average Bonchev–Trinajstić information content (AvgIpc) is 2.48. The summed E-state index contributed by atoms with van der Waals surface area (Å²) in [6.07, 6.45) is 8.79. The lowest BCUT2D eigenvalue weighted by Gasteiger charge is -2.28. The molecule has 1 atom stereocenters. The van der Waals surface area contributed by atoms with E-state index in [1.165, 1.54) is 38.2 Å². The molecule has 1 aromatic rings. The zero-order chi connectivity index (χ0) is 14.4. The Morgan fingerprint density at radius 2 is 2.05 bits per heavy atom. The summed E-state index contributed by atoms with van der Waals surface area (Å²) in [5.41, 5.74) is 0.922. The third-order valence-electron chi connectivity index (χ3n) is 4.29. The summed E-state index contributed by atoms with van der Waals surface area (Å²) >= 11 is 6.17. The van der Waals surface area contributed by atoms with E-state index in [0.717, 1.165) is 30.9 Å². The van der Waals surface area contributed by atoms with Crippen LogP contribution < -0.4 is 5.32 Å². The molecular weight excluding hydrogens is 273 g/mol. The van der Waals surface area contributed by atoms with E-state index >= 15 is 0 Å². The zero-order valence-corrected chi connectivity index (χ0v) is 13.1. The van der Waals surface area contributed by atoms with Crippen LogP contribution in [0.4, 0.5) is 4.39 Å². The van der Waals surface area contributed by atoms with E-state index < -0.39 is 0 Å². The van der Waals surface area contributed by atoms with Gasteiger partial charge >= 0.3 is 0 Å². The molecule has 20 heavy (non-hydrogen) atoms. The van der Waals surface area contributed by atoms with E-state index in [4.69, 9.17) is 11.6 Å². The van der Waals surface area contributed by atoms with Crippen molar-refractivity contribution in [2.75, 3.05) is 6.54 Å². The molecule has 1 unspecified atom stereocenters. The van der Waals surface area contributed by atoms with Gasteiger partial charge in [0.15, 0.2) is 0 Å². The molecule has 1 aliphatic rings. The highest BCUT2D eigenvalue weighted by Crippen LogP contribution is 2.34. The predicted octanol–water partition coefficient (Wildman–Crippen LogP) is 5.49. The summed E-state index contributed by atoms with van der Waals surface area (Å²) in [5, 5.41) is 3.84. The van der Waals surface area contributed by atoms with Crippen molar-refractivity contribution < 1.29 is 4.39 Å². The Morgan fingerprint density at radius 1 is 1.30 bits per heavy atom. The lowest BCUT2D eigenvalue weighted by Crippen LogP contribution is -2.25. The Morgan fingerprint density at radius 3 is 2.75 bits per heavy atom. The van der Waals surface area contributed by atoms with Crippen LogP contribution in [0.2, 0.25) is 5.02 Å². The highest BCUT2D eigenvalue weighted by Gasteiger charge is 2.22. The maximum Gasteiger partial charge on any atom is 0.142 e. The number of hydrogen-bond donors (Lipinski definition) is 1. The van der Waals surface area contributed by atoms with Crippen molar-refractivity contribution in [3.05, 3.63) is 34.6 Å². The molecule has 0 aromatic heterocycles. The molecule has 3 heteroatoms. The first-order valence-corrected chi connectivity index (χ1v) is 8.27. The summed E-state index contributed by atoms with van der Waals surface area (Å²) in [7, 11) is 0. The zero-order valence-electron chi connectivity index (χ0n) is 12.3. The van der Waals surface area contributed by atoms with Crippen LogP contribution in [0, 0.1) is 11.7 Å². The highest BCUT2D eigenvalue weighted by molar-refractivity contribution is 6.31. The Labute approximate surface area is 126 Å². The van der Waals surface area contributed by atoms with Gasteiger partial charge < -0.3 is 5.32 Å². The van der Waals surface area contributed by atoms with Gasteiger partial charge in [-0.25, -0.2) is 4.39 Å². The molecule has 1 N–H and O–H groups in total. The van der Waals surface area contributed by atoms with Crippen molar-refractivity contribution >= 4 is 11.6 Å². The van der Waals surface area contributed by atoms with Crippen LogP contribution in [0.25, 0.3) is 0 Å². The van der Waals surface area contributed by atoms with Crippen LogP contribution in [0.5, 0.6) is 0 Å². The third-order valence-corrected chi connectivity index (χ3v) is 4.69. The molecule has 0 aliphatic heterocycles. The van der Waals surface area contributed by atoms with Gasteiger partial charge in [-0.3, -0.25) is 0 Å². The normalized spacial score (nSPS) is 18.1. The van der Waals surface area contributed by atoms with Gasteiger partial charge in [-0.2, -0.15) is 0 Å². The number of halogens is 2. The minimum Gasteiger partial charge on any atom is -0.310 e. The Hall–Kier alpha value is -0.600. The van der Waals surface area contributed by atoms with Gasteiger partial charge in [-0.05, 0) is 36.9 Å². The van der Waals surface area contributed by atoms with Crippen LogP contribution >= 0.6 is 11.6 Å². The van der Waals surface area contributed by atoms with Gasteiger partial charge in [0.05, 0.1) is 5.02 Å². The van der Waals surface area contributed by atoms with E-state index in [0.29, 0.717) is 0 Å². The number of rotatable bonds is 6. The molecule has 1 aliphatic carbocycles. The molecule has 0 saturated heterocycles. The second-order valence-electron chi connectivity index (χ2n) is 5.89. The molecule has 1 nitrogen and oxygen atoms in total. The molecule has 0 bridgehead atoms. The van der Waals surface area contributed by atoms with Crippen molar-refractivity contribution in [3.63, 3.8) is 0 Å². The molecule has 112 valence electrons. The average molecular weight is 298 g/mol. The summed E-state index contributed by atoms with van der Waals surface area (Å²) in [6, 6.07) is 5.34. The van der Waals surface area contributed by atoms with Gasteiger partial charge in [-0.15, -0.1) is 0 Å². The van der Waals surface area contributed by atoms with E-state index in [-0.39, 0.29) is 16.9 Å². The van der Waals surface area contributed by atoms with Crippen molar-refractivity contribution in [1.82, 2.24) is 5.32 Å². The Balaban J connectivity index is 2.11. The van der Waals surface area contributed by atoms with Gasteiger partial charge in [0.2, 0.25) is 0 Å².